The summed E-state index contributed by atoms with van der Waals surface area (Å²) in [4.78, 5) is 23.5. The molecule has 5 nitrogen and oxygen atoms in total. The van der Waals surface area contributed by atoms with Gasteiger partial charge in [-0.25, -0.2) is 4.79 Å². The molecule has 0 amide bonds. The van der Waals surface area contributed by atoms with E-state index in [9.17, 15) is 9.59 Å². The Morgan fingerprint density at radius 1 is 1.48 bits per heavy atom. The average Bonchev–Trinajstić information content (AvgIpc) is 3.27. The van der Waals surface area contributed by atoms with Crippen molar-refractivity contribution in [1.82, 2.24) is 0 Å². The maximum absolute atomic E-state index is 12.0. The van der Waals surface area contributed by atoms with Crippen molar-refractivity contribution in [1.29, 1.82) is 0 Å². The Bertz CT molecular complexity index is 559. The highest BCUT2D eigenvalue weighted by atomic mass is 32.2. The summed E-state index contributed by atoms with van der Waals surface area (Å²) in [5.74, 6) is -0.0910. The Morgan fingerprint density at radius 3 is 2.81 bits per heavy atom. The number of esters is 2. The van der Waals surface area contributed by atoms with Crippen LogP contribution < -0.4 is 10.5 Å². The monoisotopic (exact) mass is 307 g/mol. The molecule has 3 rings (SSSR count). The van der Waals surface area contributed by atoms with E-state index in [0.29, 0.717) is 18.7 Å². The number of ether oxygens (including phenoxy) is 2. The van der Waals surface area contributed by atoms with E-state index in [2.05, 4.69) is 0 Å². The summed E-state index contributed by atoms with van der Waals surface area (Å²) >= 11 is 1.55. The zero-order chi connectivity index (χ0) is 15.0. The molecule has 0 bridgehead atoms. The zero-order valence-corrected chi connectivity index (χ0v) is 12.5. The van der Waals surface area contributed by atoms with E-state index in [0.717, 1.165) is 5.56 Å². The van der Waals surface area contributed by atoms with E-state index in [-0.39, 0.29) is 22.4 Å². The molecule has 6 heteroatoms. The van der Waals surface area contributed by atoms with Crippen molar-refractivity contribution in [2.45, 2.75) is 35.9 Å². The van der Waals surface area contributed by atoms with E-state index in [1.165, 1.54) is 0 Å². The van der Waals surface area contributed by atoms with Crippen LogP contribution in [0.5, 0.6) is 5.75 Å². The van der Waals surface area contributed by atoms with Crippen LogP contribution in [0.25, 0.3) is 0 Å². The Balaban J connectivity index is 1.60. The fourth-order valence-corrected chi connectivity index (χ4v) is 3.28. The Morgan fingerprint density at radius 2 is 2.19 bits per heavy atom. The molecule has 2 aliphatic heterocycles. The lowest BCUT2D eigenvalue weighted by atomic mass is 10.0. The first-order valence-electron chi connectivity index (χ1n) is 6.96. The van der Waals surface area contributed by atoms with Crippen molar-refractivity contribution in [3.05, 3.63) is 29.8 Å². The van der Waals surface area contributed by atoms with Crippen molar-refractivity contribution in [3.8, 4) is 5.75 Å². The number of cyclic esters (lactones) is 1. The van der Waals surface area contributed by atoms with Gasteiger partial charge in [-0.1, -0.05) is 19.1 Å². The molecule has 2 fully saturated rings. The van der Waals surface area contributed by atoms with Crippen molar-refractivity contribution < 1.29 is 19.1 Å². The molecule has 0 aromatic heterocycles. The lowest BCUT2D eigenvalue weighted by Gasteiger charge is -2.19. The van der Waals surface area contributed by atoms with Gasteiger partial charge in [-0.05, 0) is 30.2 Å². The summed E-state index contributed by atoms with van der Waals surface area (Å²) in [6.07, 6.45) is -0.237. The minimum Gasteiger partial charge on any atom is -0.449 e. The summed E-state index contributed by atoms with van der Waals surface area (Å²) in [7, 11) is 0. The largest absolute Gasteiger partial charge is 0.449 e. The Labute approximate surface area is 127 Å². The third-order valence-electron chi connectivity index (χ3n) is 3.80. The zero-order valence-electron chi connectivity index (χ0n) is 11.7. The van der Waals surface area contributed by atoms with Crippen LogP contribution in [-0.4, -0.2) is 35.1 Å². The van der Waals surface area contributed by atoms with Crippen LogP contribution in [0.15, 0.2) is 24.3 Å². The maximum atomic E-state index is 12.0. The quantitative estimate of drug-likeness (QED) is 0.515. The van der Waals surface area contributed by atoms with Crippen molar-refractivity contribution >= 4 is 23.7 Å². The highest BCUT2D eigenvalue weighted by molar-refractivity contribution is 8.08. The predicted molar refractivity (Wildman–Crippen MR) is 79.2 cm³/mol. The molecule has 4 atom stereocenters. The summed E-state index contributed by atoms with van der Waals surface area (Å²) in [6, 6.07) is 7.25. The second-order valence-electron chi connectivity index (χ2n) is 5.38. The third kappa shape index (κ3) is 3.06. The van der Waals surface area contributed by atoms with Crippen LogP contribution in [0.4, 0.5) is 0 Å². The van der Waals surface area contributed by atoms with Gasteiger partial charge in [0.25, 0.3) is 0 Å². The topological polar surface area (TPSA) is 78.6 Å². The highest BCUT2D eigenvalue weighted by Crippen LogP contribution is 2.48. The molecule has 0 saturated carbocycles. The van der Waals surface area contributed by atoms with Crippen molar-refractivity contribution in [3.63, 3.8) is 0 Å². The van der Waals surface area contributed by atoms with E-state index in [4.69, 9.17) is 15.2 Å². The minimum atomic E-state index is -0.781. The molecule has 1 aromatic rings. The second kappa shape index (κ2) is 5.69. The number of carbonyl (C=O) groups is 2. The SMILES string of the molecule is CC(CN)c1ccc(OC(=O)C2CC3SC3C(=O)O2)cc1. The first-order valence-corrected chi connectivity index (χ1v) is 7.90. The summed E-state index contributed by atoms with van der Waals surface area (Å²) in [5, 5.41) is 0.155. The molecule has 2 aliphatic rings. The maximum Gasteiger partial charge on any atom is 0.352 e. The van der Waals surface area contributed by atoms with E-state index < -0.39 is 12.1 Å². The molecule has 21 heavy (non-hydrogen) atoms. The number of rotatable bonds is 4. The van der Waals surface area contributed by atoms with Gasteiger partial charge in [-0.2, -0.15) is 0 Å². The molecular formula is C15H17NO4S. The molecule has 112 valence electrons. The number of benzene rings is 1. The highest BCUT2D eigenvalue weighted by Gasteiger charge is 2.53. The number of thioether (sulfide) groups is 1. The summed E-state index contributed by atoms with van der Waals surface area (Å²) in [6.45, 7) is 2.60. The van der Waals surface area contributed by atoms with Gasteiger partial charge in [-0.15, -0.1) is 11.8 Å². The minimum absolute atomic E-state index is 0.0638. The molecule has 2 N–H and O–H groups in total. The summed E-state index contributed by atoms with van der Waals surface area (Å²) < 4.78 is 10.4. The van der Waals surface area contributed by atoms with Crippen LogP contribution in [-0.2, 0) is 14.3 Å². The van der Waals surface area contributed by atoms with E-state index >= 15 is 0 Å². The lowest BCUT2D eigenvalue weighted by Crippen LogP contribution is -2.38. The van der Waals surface area contributed by atoms with Crippen LogP contribution in [0.3, 0.4) is 0 Å². The number of fused-ring (bicyclic) bond motifs is 1. The smallest absolute Gasteiger partial charge is 0.352 e. The second-order valence-corrected chi connectivity index (χ2v) is 6.77. The molecule has 0 aliphatic carbocycles. The van der Waals surface area contributed by atoms with Gasteiger partial charge in [0.1, 0.15) is 11.0 Å². The first-order chi connectivity index (χ1) is 10.1. The first kappa shape index (κ1) is 14.4. The number of carbonyl (C=O) groups excluding carboxylic acids is 2. The molecule has 0 spiro atoms. The molecule has 4 unspecified atom stereocenters. The van der Waals surface area contributed by atoms with Crippen LogP contribution in [0, 0.1) is 0 Å². The number of hydrogen-bond donors (Lipinski definition) is 1. The predicted octanol–water partition coefficient (Wildman–Crippen LogP) is 1.45. The molecule has 1 aromatic carbocycles. The molecular weight excluding hydrogens is 290 g/mol. The standard InChI is InChI=1S/C15H17NO4S/c1-8(7-16)9-2-4-10(5-3-9)19-14(17)11-6-12-13(21-12)15(18)20-11/h2-5,8,11-13H,6-7,16H2,1H3. The van der Waals surface area contributed by atoms with E-state index in [1.54, 1.807) is 23.9 Å². The van der Waals surface area contributed by atoms with Crippen molar-refractivity contribution in [2.24, 2.45) is 5.73 Å². The fourth-order valence-electron chi connectivity index (χ4n) is 2.32. The Hall–Kier alpha value is -1.53. The number of nitrogens with two attached hydrogens (primary N) is 1. The van der Waals surface area contributed by atoms with Crippen molar-refractivity contribution in [2.75, 3.05) is 6.54 Å². The molecule has 2 heterocycles. The van der Waals surface area contributed by atoms with Gasteiger partial charge in [0.2, 0.25) is 0 Å². The average molecular weight is 307 g/mol. The number of hydrogen-bond acceptors (Lipinski definition) is 6. The molecule has 0 radical (unpaired) electrons. The summed E-state index contributed by atoms with van der Waals surface area (Å²) in [5.41, 5.74) is 6.71. The fraction of sp³-hybridized carbons (Fsp3) is 0.467. The van der Waals surface area contributed by atoms with Gasteiger partial charge in [0, 0.05) is 11.7 Å². The molecule has 2 saturated heterocycles. The normalized spacial score (nSPS) is 28.3. The van der Waals surface area contributed by atoms with Gasteiger partial charge < -0.3 is 15.2 Å². The van der Waals surface area contributed by atoms with E-state index in [1.807, 2.05) is 19.1 Å². The Kier molecular flexibility index (Phi) is 3.91. The third-order valence-corrected chi connectivity index (χ3v) is 5.12. The lowest BCUT2D eigenvalue weighted by molar-refractivity contribution is -0.164. The van der Waals surface area contributed by atoms with Gasteiger partial charge in [-0.3, -0.25) is 4.79 Å². The van der Waals surface area contributed by atoms with Gasteiger partial charge in [0.05, 0.1) is 0 Å². The van der Waals surface area contributed by atoms with Gasteiger partial charge >= 0.3 is 11.9 Å². The van der Waals surface area contributed by atoms with Crippen LogP contribution >= 0.6 is 11.8 Å². The van der Waals surface area contributed by atoms with Crippen LogP contribution in [0.1, 0.15) is 24.8 Å². The van der Waals surface area contributed by atoms with Crippen LogP contribution in [0.2, 0.25) is 0 Å². The van der Waals surface area contributed by atoms with Gasteiger partial charge in [0.15, 0.2) is 6.10 Å².